The van der Waals surface area contributed by atoms with Crippen LogP contribution < -0.4 is 11.1 Å². The van der Waals surface area contributed by atoms with Crippen molar-refractivity contribution in [2.24, 2.45) is 23.0 Å². The SMILES string of the molecule is Cc1nc(CNC(=O)C2CCC(N)C(C)C2(C)C)no1. The molecule has 1 aromatic rings. The van der Waals surface area contributed by atoms with Crippen LogP contribution in [0.4, 0.5) is 0 Å². The third-order valence-corrected chi connectivity index (χ3v) is 4.81. The number of nitrogens with two attached hydrogens (primary N) is 1. The first kappa shape index (κ1) is 15.0. The maximum atomic E-state index is 12.4. The fourth-order valence-electron chi connectivity index (χ4n) is 3.02. The van der Waals surface area contributed by atoms with Gasteiger partial charge in [-0.2, -0.15) is 4.98 Å². The molecular weight excluding hydrogens is 256 g/mol. The molecule has 112 valence electrons. The van der Waals surface area contributed by atoms with Crippen molar-refractivity contribution in [2.75, 3.05) is 0 Å². The lowest BCUT2D eigenvalue weighted by atomic mass is 9.61. The molecule has 0 spiro atoms. The summed E-state index contributed by atoms with van der Waals surface area (Å²) in [4.78, 5) is 16.5. The van der Waals surface area contributed by atoms with Crippen molar-refractivity contribution in [3.63, 3.8) is 0 Å². The van der Waals surface area contributed by atoms with E-state index in [9.17, 15) is 4.79 Å². The molecule has 0 aliphatic heterocycles. The Balaban J connectivity index is 1.98. The van der Waals surface area contributed by atoms with Gasteiger partial charge in [0.05, 0.1) is 6.54 Å². The molecule has 0 saturated heterocycles. The molecule has 0 bridgehead atoms. The number of carbonyl (C=O) groups excluding carboxylic acids is 1. The number of nitrogens with one attached hydrogen (secondary N) is 1. The zero-order valence-corrected chi connectivity index (χ0v) is 12.6. The van der Waals surface area contributed by atoms with Gasteiger partial charge in [-0.1, -0.05) is 25.9 Å². The monoisotopic (exact) mass is 280 g/mol. The average Bonchev–Trinajstić information content (AvgIpc) is 2.79. The second kappa shape index (κ2) is 5.52. The Morgan fingerprint density at radius 1 is 1.50 bits per heavy atom. The van der Waals surface area contributed by atoms with E-state index < -0.39 is 0 Å². The molecule has 0 aromatic carbocycles. The molecule has 1 aliphatic carbocycles. The Labute approximate surface area is 119 Å². The summed E-state index contributed by atoms with van der Waals surface area (Å²) in [5.74, 6) is 1.36. The van der Waals surface area contributed by atoms with E-state index in [0.29, 0.717) is 24.2 Å². The van der Waals surface area contributed by atoms with Gasteiger partial charge < -0.3 is 15.6 Å². The van der Waals surface area contributed by atoms with E-state index in [1.54, 1.807) is 6.92 Å². The highest BCUT2D eigenvalue weighted by molar-refractivity contribution is 5.79. The molecule has 1 fully saturated rings. The summed E-state index contributed by atoms with van der Waals surface area (Å²) in [5.41, 5.74) is 6.02. The third kappa shape index (κ3) is 2.85. The minimum atomic E-state index is -0.102. The van der Waals surface area contributed by atoms with Crippen LogP contribution in [0.2, 0.25) is 0 Å². The van der Waals surface area contributed by atoms with Crippen molar-refractivity contribution in [3.8, 4) is 0 Å². The number of hydrogen-bond donors (Lipinski definition) is 2. The summed E-state index contributed by atoms with van der Waals surface area (Å²) < 4.78 is 4.89. The number of nitrogens with zero attached hydrogens (tertiary/aromatic N) is 2. The molecule has 3 unspecified atom stereocenters. The topological polar surface area (TPSA) is 94.0 Å². The Morgan fingerprint density at radius 2 is 2.20 bits per heavy atom. The maximum absolute atomic E-state index is 12.4. The first-order chi connectivity index (χ1) is 9.32. The fourth-order valence-corrected chi connectivity index (χ4v) is 3.02. The van der Waals surface area contributed by atoms with Crippen LogP contribution in [0.1, 0.15) is 45.3 Å². The summed E-state index contributed by atoms with van der Waals surface area (Å²) in [6.07, 6.45) is 1.72. The predicted octanol–water partition coefficient (Wildman–Crippen LogP) is 1.39. The van der Waals surface area contributed by atoms with Crippen LogP contribution in [0.3, 0.4) is 0 Å². The van der Waals surface area contributed by atoms with Gasteiger partial charge in [0.2, 0.25) is 11.8 Å². The van der Waals surface area contributed by atoms with Crippen LogP contribution in [-0.2, 0) is 11.3 Å². The zero-order valence-electron chi connectivity index (χ0n) is 12.6. The van der Waals surface area contributed by atoms with E-state index in [-0.39, 0.29) is 23.3 Å². The minimum Gasteiger partial charge on any atom is -0.348 e. The molecule has 0 radical (unpaired) electrons. The lowest BCUT2D eigenvalue weighted by Gasteiger charge is -2.45. The van der Waals surface area contributed by atoms with Crippen molar-refractivity contribution >= 4 is 5.91 Å². The average molecular weight is 280 g/mol. The molecule has 1 amide bonds. The molecule has 6 heteroatoms. The summed E-state index contributed by atoms with van der Waals surface area (Å²) in [6.45, 7) is 8.42. The Morgan fingerprint density at radius 3 is 2.80 bits per heavy atom. The second-order valence-electron chi connectivity index (χ2n) is 6.35. The largest absolute Gasteiger partial charge is 0.348 e. The van der Waals surface area contributed by atoms with Gasteiger partial charge >= 0.3 is 0 Å². The van der Waals surface area contributed by atoms with Gasteiger partial charge in [-0.15, -0.1) is 0 Å². The molecule has 3 N–H and O–H groups in total. The Kier molecular flexibility index (Phi) is 4.13. The van der Waals surface area contributed by atoms with Crippen LogP contribution >= 0.6 is 0 Å². The third-order valence-electron chi connectivity index (χ3n) is 4.81. The van der Waals surface area contributed by atoms with E-state index >= 15 is 0 Å². The van der Waals surface area contributed by atoms with Gasteiger partial charge in [-0.3, -0.25) is 4.79 Å². The van der Waals surface area contributed by atoms with E-state index in [0.717, 1.165) is 12.8 Å². The highest BCUT2D eigenvalue weighted by atomic mass is 16.5. The molecule has 1 heterocycles. The van der Waals surface area contributed by atoms with E-state index in [1.807, 2.05) is 0 Å². The fraction of sp³-hybridized carbons (Fsp3) is 0.786. The quantitative estimate of drug-likeness (QED) is 0.872. The molecular formula is C14H24N4O2. The summed E-state index contributed by atoms with van der Waals surface area (Å²) in [7, 11) is 0. The maximum Gasteiger partial charge on any atom is 0.224 e. The van der Waals surface area contributed by atoms with E-state index in [1.165, 1.54) is 0 Å². The molecule has 2 rings (SSSR count). The van der Waals surface area contributed by atoms with Gasteiger partial charge in [0.1, 0.15) is 0 Å². The predicted molar refractivity (Wildman–Crippen MR) is 74.5 cm³/mol. The summed E-state index contributed by atoms with van der Waals surface area (Å²) in [5, 5.41) is 6.68. The number of aryl methyl sites for hydroxylation is 1. The highest BCUT2D eigenvalue weighted by Gasteiger charge is 2.44. The lowest BCUT2D eigenvalue weighted by molar-refractivity contribution is -0.132. The van der Waals surface area contributed by atoms with Gasteiger partial charge in [0.25, 0.3) is 0 Å². The smallest absolute Gasteiger partial charge is 0.224 e. The minimum absolute atomic E-state index is 0.0229. The summed E-state index contributed by atoms with van der Waals surface area (Å²) >= 11 is 0. The molecule has 1 aliphatic rings. The standard InChI is InChI=1S/C14H24N4O2/c1-8-11(15)6-5-10(14(8,3)4)13(19)16-7-12-17-9(2)20-18-12/h8,10-11H,5-7,15H2,1-4H3,(H,16,19). The van der Waals surface area contributed by atoms with Crippen molar-refractivity contribution in [1.82, 2.24) is 15.5 Å². The van der Waals surface area contributed by atoms with Crippen LogP contribution in [0, 0.1) is 24.2 Å². The number of hydrogen-bond acceptors (Lipinski definition) is 5. The molecule has 6 nitrogen and oxygen atoms in total. The first-order valence-corrected chi connectivity index (χ1v) is 7.15. The number of amides is 1. The Hall–Kier alpha value is -1.43. The van der Waals surface area contributed by atoms with Gasteiger partial charge in [0, 0.05) is 18.9 Å². The van der Waals surface area contributed by atoms with Gasteiger partial charge in [0.15, 0.2) is 5.82 Å². The van der Waals surface area contributed by atoms with E-state index in [2.05, 4.69) is 36.2 Å². The molecule has 1 aromatic heterocycles. The Bertz CT molecular complexity index is 483. The van der Waals surface area contributed by atoms with Crippen molar-refractivity contribution < 1.29 is 9.32 Å². The molecule has 1 saturated carbocycles. The van der Waals surface area contributed by atoms with Crippen molar-refractivity contribution in [3.05, 3.63) is 11.7 Å². The highest BCUT2D eigenvalue weighted by Crippen LogP contribution is 2.44. The van der Waals surface area contributed by atoms with Gasteiger partial charge in [-0.25, -0.2) is 0 Å². The van der Waals surface area contributed by atoms with Crippen molar-refractivity contribution in [2.45, 2.75) is 53.1 Å². The van der Waals surface area contributed by atoms with Crippen LogP contribution in [0.25, 0.3) is 0 Å². The zero-order chi connectivity index (χ0) is 14.9. The number of carbonyl (C=O) groups is 1. The normalized spacial score (nSPS) is 29.1. The van der Waals surface area contributed by atoms with Crippen LogP contribution in [-0.4, -0.2) is 22.1 Å². The number of aromatic nitrogens is 2. The lowest BCUT2D eigenvalue weighted by Crippen LogP contribution is -2.51. The number of rotatable bonds is 3. The van der Waals surface area contributed by atoms with E-state index in [4.69, 9.17) is 10.3 Å². The van der Waals surface area contributed by atoms with Crippen molar-refractivity contribution in [1.29, 1.82) is 0 Å². The molecule has 3 atom stereocenters. The van der Waals surface area contributed by atoms with Crippen LogP contribution in [0.15, 0.2) is 4.52 Å². The first-order valence-electron chi connectivity index (χ1n) is 7.15. The summed E-state index contributed by atoms with van der Waals surface area (Å²) in [6, 6.07) is 0.175. The van der Waals surface area contributed by atoms with Crippen LogP contribution in [0.5, 0.6) is 0 Å². The van der Waals surface area contributed by atoms with Gasteiger partial charge in [-0.05, 0) is 24.2 Å². The molecule has 20 heavy (non-hydrogen) atoms. The second-order valence-corrected chi connectivity index (χ2v) is 6.35.